The van der Waals surface area contributed by atoms with Gasteiger partial charge in [-0.3, -0.25) is 19.4 Å². The van der Waals surface area contributed by atoms with Gasteiger partial charge in [0.25, 0.3) is 0 Å². The lowest BCUT2D eigenvalue weighted by atomic mass is 9.95. The third-order valence-electron chi connectivity index (χ3n) is 5.31. The van der Waals surface area contributed by atoms with Gasteiger partial charge >= 0.3 is 0 Å². The SMILES string of the molecule is N[C@@H](Cc1ccccn1)C(=O)N[C@@H](C[C@@H]1CCNC1=O)C(=O)COc1c(F)c(F)cc(F)c1F. The van der Waals surface area contributed by atoms with E-state index in [1.807, 2.05) is 0 Å². The Balaban J connectivity index is 1.71. The van der Waals surface area contributed by atoms with Crippen LogP contribution < -0.4 is 21.1 Å². The quantitative estimate of drug-likeness (QED) is 0.345. The lowest BCUT2D eigenvalue weighted by Crippen LogP contribution is -2.51. The number of Topliss-reactive ketones (excluding diaryl/α,β-unsaturated/α-hetero) is 1. The van der Waals surface area contributed by atoms with E-state index in [-0.39, 0.29) is 24.8 Å². The molecule has 12 heteroatoms. The van der Waals surface area contributed by atoms with E-state index in [1.54, 1.807) is 18.2 Å². The highest BCUT2D eigenvalue weighted by atomic mass is 19.2. The zero-order valence-corrected chi connectivity index (χ0v) is 17.8. The highest BCUT2D eigenvalue weighted by Crippen LogP contribution is 2.26. The number of nitrogens with one attached hydrogen (secondary N) is 2. The van der Waals surface area contributed by atoms with Gasteiger partial charge in [0.2, 0.25) is 23.4 Å². The van der Waals surface area contributed by atoms with Crippen molar-refractivity contribution in [2.75, 3.05) is 13.2 Å². The Bertz CT molecular complexity index is 1040. The van der Waals surface area contributed by atoms with Crippen molar-refractivity contribution in [3.8, 4) is 5.75 Å². The summed E-state index contributed by atoms with van der Waals surface area (Å²) in [5.74, 6) is -10.9. The number of hydrogen-bond donors (Lipinski definition) is 3. The third-order valence-corrected chi connectivity index (χ3v) is 5.31. The molecule has 0 bridgehead atoms. The molecule has 182 valence electrons. The van der Waals surface area contributed by atoms with Crippen molar-refractivity contribution in [1.29, 1.82) is 0 Å². The van der Waals surface area contributed by atoms with Crippen LogP contribution in [0.15, 0.2) is 30.5 Å². The van der Waals surface area contributed by atoms with Crippen molar-refractivity contribution >= 4 is 17.6 Å². The summed E-state index contributed by atoms with van der Waals surface area (Å²) in [6.07, 6.45) is 1.86. The molecule has 2 amide bonds. The number of nitrogens with two attached hydrogens (primary N) is 1. The van der Waals surface area contributed by atoms with Gasteiger partial charge in [0.05, 0.1) is 12.1 Å². The molecule has 0 unspecified atom stereocenters. The summed E-state index contributed by atoms with van der Waals surface area (Å²) >= 11 is 0. The average Bonchev–Trinajstić information content (AvgIpc) is 3.22. The second-order valence-corrected chi connectivity index (χ2v) is 7.76. The minimum Gasteiger partial charge on any atom is -0.479 e. The van der Waals surface area contributed by atoms with Gasteiger partial charge in [0, 0.05) is 36.8 Å². The molecule has 2 aromatic rings. The molecule has 1 fully saturated rings. The Morgan fingerprint density at radius 3 is 2.50 bits per heavy atom. The maximum atomic E-state index is 13.8. The molecule has 1 aliphatic heterocycles. The number of carbonyl (C=O) groups excluding carboxylic acids is 3. The van der Waals surface area contributed by atoms with E-state index in [9.17, 15) is 31.9 Å². The van der Waals surface area contributed by atoms with Crippen molar-refractivity contribution in [2.45, 2.75) is 31.3 Å². The molecule has 1 aromatic carbocycles. The maximum absolute atomic E-state index is 13.8. The number of nitrogens with zero attached hydrogens (tertiary/aromatic N) is 1. The molecule has 4 N–H and O–H groups in total. The molecule has 1 aliphatic rings. The number of pyridine rings is 1. The molecule has 0 spiro atoms. The number of carbonyl (C=O) groups is 3. The molecule has 8 nitrogen and oxygen atoms in total. The number of ether oxygens (including phenoxy) is 1. The number of aromatic nitrogens is 1. The fourth-order valence-electron chi connectivity index (χ4n) is 3.46. The van der Waals surface area contributed by atoms with Crippen LogP contribution >= 0.6 is 0 Å². The first kappa shape index (κ1) is 25.1. The summed E-state index contributed by atoms with van der Waals surface area (Å²) in [7, 11) is 0. The van der Waals surface area contributed by atoms with Crippen LogP contribution in [-0.4, -0.2) is 47.8 Å². The first-order chi connectivity index (χ1) is 16.2. The number of rotatable bonds is 10. The van der Waals surface area contributed by atoms with Crippen molar-refractivity contribution in [3.63, 3.8) is 0 Å². The molecule has 34 heavy (non-hydrogen) atoms. The van der Waals surface area contributed by atoms with E-state index in [1.165, 1.54) is 6.20 Å². The summed E-state index contributed by atoms with van der Waals surface area (Å²) < 4.78 is 59.2. The first-order valence-corrected chi connectivity index (χ1v) is 10.4. The second kappa shape index (κ2) is 11.1. The summed E-state index contributed by atoms with van der Waals surface area (Å²) in [5.41, 5.74) is 6.45. The van der Waals surface area contributed by atoms with Crippen molar-refractivity contribution in [1.82, 2.24) is 15.6 Å². The monoisotopic (exact) mass is 482 g/mol. The minimum atomic E-state index is -1.81. The molecular weight excluding hydrogens is 460 g/mol. The van der Waals surface area contributed by atoms with Crippen LogP contribution in [0.2, 0.25) is 0 Å². The Morgan fingerprint density at radius 2 is 1.91 bits per heavy atom. The van der Waals surface area contributed by atoms with Gasteiger partial charge in [-0.15, -0.1) is 0 Å². The van der Waals surface area contributed by atoms with Gasteiger partial charge in [-0.2, -0.15) is 8.78 Å². The van der Waals surface area contributed by atoms with Crippen LogP contribution in [-0.2, 0) is 20.8 Å². The Hall–Kier alpha value is -3.54. The highest BCUT2D eigenvalue weighted by Gasteiger charge is 2.33. The topological polar surface area (TPSA) is 123 Å². The molecule has 3 rings (SSSR count). The van der Waals surface area contributed by atoms with Crippen LogP contribution in [0.3, 0.4) is 0 Å². The largest absolute Gasteiger partial charge is 0.479 e. The zero-order chi connectivity index (χ0) is 24.8. The van der Waals surface area contributed by atoms with Crippen LogP contribution in [0.4, 0.5) is 17.6 Å². The Kier molecular flexibility index (Phi) is 8.16. The highest BCUT2D eigenvalue weighted by molar-refractivity contribution is 5.92. The van der Waals surface area contributed by atoms with Crippen molar-refractivity contribution in [3.05, 3.63) is 59.4 Å². The molecule has 0 saturated carbocycles. The molecular formula is C22H22F4N4O4. The van der Waals surface area contributed by atoms with E-state index >= 15 is 0 Å². The summed E-state index contributed by atoms with van der Waals surface area (Å²) in [4.78, 5) is 41.4. The molecule has 0 aliphatic carbocycles. The smallest absolute Gasteiger partial charge is 0.237 e. The minimum absolute atomic E-state index is 0.00403. The Labute approximate surface area is 191 Å². The molecule has 0 radical (unpaired) electrons. The van der Waals surface area contributed by atoms with E-state index in [0.717, 1.165) is 0 Å². The summed E-state index contributed by atoms with van der Waals surface area (Å²) in [6.45, 7) is -0.640. The molecule has 2 heterocycles. The third kappa shape index (κ3) is 6.07. The van der Waals surface area contributed by atoms with Gasteiger partial charge in [0.15, 0.2) is 23.2 Å². The number of amides is 2. The normalized spacial score (nSPS) is 17.1. The number of ketones is 1. The Morgan fingerprint density at radius 1 is 1.21 bits per heavy atom. The number of halogens is 4. The van der Waals surface area contributed by atoms with Crippen LogP contribution in [0.25, 0.3) is 0 Å². The fourth-order valence-corrected chi connectivity index (χ4v) is 3.46. The maximum Gasteiger partial charge on any atom is 0.237 e. The summed E-state index contributed by atoms with van der Waals surface area (Å²) in [5, 5.41) is 5.03. The number of benzene rings is 1. The standard InChI is InChI=1S/C22H22F4N4O4/c23-13-9-14(24)19(26)20(18(13)25)34-10-17(31)16(7-11-4-6-29-21(11)32)30-22(33)15(27)8-12-3-1-2-5-28-12/h1-3,5,9,11,15-16H,4,6-8,10,27H2,(H,29,32)(H,30,33)/t11-,15-,16-/m0/s1. The van der Waals surface area contributed by atoms with E-state index in [0.29, 0.717) is 18.7 Å². The first-order valence-electron chi connectivity index (χ1n) is 10.4. The van der Waals surface area contributed by atoms with Gasteiger partial charge in [-0.1, -0.05) is 6.07 Å². The van der Waals surface area contributed by atoms with Crippen LogP contribution in [0.1, 0.15) is 18.5 Å². The van der Waals surface area contributed by atoms with E-state index in [4.69, 9.17) is 10.5 Å². The van der Waals surface area contributed by atoms with Gasteiger partial charge < -0.3 is 21.1 Å². The van der Waals surface area contributed by atoms with Crippen molar-refractivity contribution in [2.24, 2.45) is 11.7 Å². The van der Waals surface area contributed by atoms with Crippen LogP contribution in [0.5, 0.6) is 5.75 Å². The van der Waals surface area contributed by atoms with E-state index < -0.39 is 65.3 Å². The van der Waals surface area contributed by atoms with E-state index in [2.05, 4.69) is 15.6 Å². The fraction of sp³-hybridized carbons (Fsp3) is 0.364. The summed E-state index contributed by atoms with van der Waals surface area (Å²) in [6, 6.07) is 2.67. The average molecular weight is 482 g/mol. The lowest BCUT2D eigenvalue weighted by Gasteiger charge is -2.22. The van der Waals surface area contributed by atoms with Crippen molar-refractivity contribution < 1.29 is 36.7 Å². The lowest BCUT2D eigenvalue weighted by molar-refractivity contribution is -0.131. The molecule has 3 atom stereocenters. The predicted molar refractivity (Wildman–Crippen MR) is 110 cm³/mol. The molecule has 1 saturated heterocycles. The van der Waals surface area contributed by atoms with Gasteiger partial charge in [-0.25, -0.2) is 8.78 Å². The number of hydrogen-bond acceptors (Lipinski definition) is 6. The van der Waals surface area contributed by atoms with Crippen LogP contribution in [0, 0.1) is 29.2 Å². The second-order valence-electron chi connectivity index (χ2n) is 7.76. The predicted octanol–water partition coefficient (Wildman–Crippen LogP) is 1.17. The molecule has 1 aromatic heterocycles. The zero-order valence-electron chi connectivity index (χ0n) is 17.8. The van der Waals surface area contributed by atoms with Gasteiger partial charge in [0.1, 0.15) is 6.61 Å². The van der Waals surface area contributed by atoms with Gasteiger partial charge in [-0.05, 0) is 25.0 Å².